The van der Waals surface area contributed by atoms with Gasteiger partial charge in [0.15, 0.2) is 16.8 Å². The van der Waals surface area contributed by atoms with Crippen LogP contribution in [-0.4, -0.2) is 46.2 Å². The fourth-order valence-corrected chi connectivity index (χ4v) is 2.43. The van der Waals surface area contributed by atoms with Crippen molar-refractivity contribution in [1.82, 2.24) is 19.9 Å². The molecule has 0 bridgehead atoms. The number of nitrogens with zero attached hydrogens (tertiary/aromatic N) is 5. The molecule has 0 aliphatic carbocycles. The molecule has 0 amide bonds. The predicted molar refractivity (Wildman–Crippen MR) is 84.1 cm³/mol. The van der Waals surface area contributed by atoms with Crippen molar-refractivity contribution in [1.29, 1.82) is 0 Å². The van der Waals surface area contributed by atoms with Crippen LogP contribution in [0.4, 0.5) is 20.5 Å². The van der Waals surface area contributed by atoms with E-state index in [0.717, 1.165) is 12.4 Å². The highest BCUT2D eigenvalue weighted by atomic mass is 35.5. The summed E-state index contributed by atoms with van der Waals surface area (Å²) in [6, 6.07) is -0.412. The van der Waals surface area contributed by atoms with Gasteiger partial charge in [-0.3, -0.25) is 0 Å². The molecule has 0 saturated carbocycles. The van der Waals surface area contributed by atoms with E-state index in [4.69, 9.17) is 16.3 Å². The quantitative estimate of drug-likeness (QED) is 0.841. The highest BCUT2D eigenvalue weighted by Gasteiger charge is 2.22. The Labute approximate surface area is 142 Å². The van der Waals surface area contributed by atoms with Gasteiger partial charge in [0.05, 0.1) is 31.6 Å². The zero-order valence-corrected chi connectivity index (χ0v) is 13.6. The summed E-state index contributed by atoms with van der Waals surface area (Å²) in [5.74, 6) is -0.582. The molecule has 0 radical (unpaired) electrons. The van der Waals surface area contributed by atoms with E-state index in [9.17, 15) is 8.78 Å². The van der Waals surface area contributed by atoms with Crippen LogP contribution in [0.1, 0.15) is 18.8 Å². The molecule has 1 fully saturated rings. The van der Waals surface area contributed by atoms with E-state index in [2.05, 4.69) is 25.3 Å². The van der Waals surface area contributed by atoms with Crippen LogP contribution < -0.4 is 10.2 Å². The van der Waals surface area contributed by atoms with Gasteiger partial charge in [-0.15, -0.1) is 0 Å². The molecule has 10 heteroatoms. The monoisotopic (exact) mass is 356 g/mol. The lowest BCUT2D eigenvalue weighted by atomic mass is 10.3. The maximum atomic E-state index is 14.2. The molecule has 1 saturated heterocycles. The highest BCUT2D eigenvalue weighted by molar-refractivity contribution is 6.29. The Bertz CT molecular complexity index is 711. The van der Waals surface area contributed by atoms with E-state index in [-0.39, 0.29) is 16.9 Å². The SMILES string of the molecule is CC(Nc1nc(Cl)c(F)c(N2CCOCC2)n1)c1ncc(F)cn1. The summed E-state index contributed by atoms with van der Waals surface area (Å²) in [7, 11) is 0. The lowest BCUT2D eigenvalue weighted by Crippen LogP contribution is -2.37. The minimum atomic E-state index is -0.671. The molecule has 1 unspecified atom stereocenters. The molecular weight excluding hydrogens is 342 g/mol. The normalized spacial score (nSPS) is 16.1. The summed E-state index contributed by atoms with van der Waals surface area (Å²) in [5, 5.41) is 2.67. The largest absolute Gasteiger partial charge is 0.378 e. The van der Waals surface area contributed by atoms with Crippen LogP contribution in [0.2, 0.25) is 5.15 Å². The summed E-state index contributed by atoms with van der Waals surface area (Å²) in [6.45, 7) is 3.76. The van der Waals surface area contributed by atoms with Crippen LogP contribution in [0.3, 0.4) is 0 Å². The smallest absolute Gasteiger partial charge is 0.226 e. The fourth-order valence-electron chi connectivity index (χ4n) is 2.26. The van der Waals surface area contributed by atoms with Gasteiger partial charge in [-0.2, -0.15) is 14.4 Å². The van der Waals surface area contributed by atoms with E-state index in [0.29, 0.717) is 32.1 Å². The molecule has 0 aromatic carbocycles. The van der Waals surface area contributed by atoms with Gasteiger partial charge in [-0.1, -0.05) is 11.6 Å². The predicted octanol–water partition coefficient (Wildman–Crippen LogP) is 2.21. The minimum absolute atomic E-state index is 0.119. The number of rotatable bonds is 4. The summed E-state index contributed by atoms with van der Waals surface area (Å²) in [4.78, 5) is 17.6. The highest BCUT2D eigenvalue weighted by Crippen LogP contribution is 2.26. The van der Waals surface area contributed by atoms with E-state index in [1.807, 2.05) is 0 Å². The topological polar surface area (TPSA) is 76.1 Å². The van der Waals surface area contributed by atoms with Gasteiger partial charge in [0.1, 0.15) is 5.82 Å². The number of aromatic nitrogens is 4. The number of anilines is 2. The van der Waals surface area contributed by atoms with Gasteiger partial charge in [0.25, 0.3) is 0 Å². The van der Waals surface area contributed by atoms with Crippen LogP contribution in [0.25, 0.3) is 0 Å². The zero-order valence-electron chi connectivity index (χ0n) is 12.8. The zero-order chi connectivity index (χ0) is 17.1. The molecule has 1 aliphatic heterocycles. The minimum Gasteiger partial charge on any atom is -0.378 e. The average molecular weight is 357 g/mol. The maximum absolute atomic E-state index is 14.2. The van der Waals surface area contributed by atoms with Crippen molar-refractivity contribution in [3.8, 4) is 0 Å². The molecule has 128 valence electrons. The van der Waals surface area contributed by atoms with Crippen LogP contribution in [0.15, 0.2) is 12.4 Å². The van der Waals surface area contributed by atoms with Crippen LogP contribution in [-0.2, 0) is 4.74 Å². The van der Waals surface area contributed by atoms with E-state index < -0.39 is 17.7 Å². The first kappa shape index (κ1) is 16.7. The molecule has 0 spiro atoms. The third-order valence-electron chi connectivity index (χ3n) is 3.48. The third-order valence-corrected chi connectivity index (χ3v) is 3.73. The first-order valence-corrected chi connectivity index (χ1v) is 7.72. The molecule has 2 aromatic heterocycles. The molecule has 3 heterocycles. The molecule has 1 aliphatic rings. The van der Waals surface area contributed by atoms with Crippen molar-refractivity contribution in [2.45, 2.75) is 13.0 Å². The van der Waals surface area contributed by atoms with E-state index >= 15 is 0 Å². The molecule has 2 aromatic rings. The number of ether oxygens (including phenoxy) is 1. The second-order valence-electron chi connectivity index (χ2n) is 5.20. The third kappa shape index (κ3) is 3.68. The van der Waals surface area contributed by atoms with Crippen LogP contribution in [0.5, 0.6) is 0 Å². The molecule has 3 rings (SSSR count). The number of hydrogen-bond donors (Lipinski definition) is 1. The summed E-state index contributed by atoms with van der Waals surface area (Å²) in [5.41, 5.74) is 0. The Kier molecular flexibility index (Phi) is 5.00. The summed E-state index contributed by atoms with van der Waals surface area (Å²) in [6.07, 6.45) is 2.14. The van der Waals surface area contributed by atoms with Gasteiger partial charge in [0.2, 0.25) is 11.8 Å². The second-order valence-corrected chi connectivity index (χ2v) is 5.56. The first-order valence-electron chi connectivity index (χ1n) is 7.34. The number of hydrogen-bond acceptors (Lipinski definition) is 7. The second kappa shape index (κ2) is 7.18. The summed E-state index contributed by atoms with van der Waals surface area (Å²) >= 11 is 5.88. The van der Waals surface area contributed by atoms with Crippen molar-refractivity contribution in [2.24, 2.45) is 0 Å². The Morgan fingerprint density at radius 3 is 2.54 bits per heavy atom. The van der Waals surface area contributed by atoms with Crippen LogP contribution in [0, 0.1) is 11.6 Å². The van der Waals surface area contributed by atoms with Gasteiger partial charge in [-0.25, -0.2) is 14.4 Å². The van der Waals surface area contributed by atoms with Crippen molar-refractivity contribution >= 4 is 23.4 Å². The maximum Gasteiger partial charge on any atom is 0.226 e. The van der Waals surface area contributed by atoms with Crippen LogP contribution >= 0.6 is 11.6 Å². The van der Waals surface area contributed by atoms with Crippen molar-refractivity contribution in [3.05, 3.63) is 35.0 Å². The standard InChI is InChI=1S/C14H15ClF2N6O/c1-8(12-18-6-9(16)7-19-12)20-14-21-11(15)10(17)13(22-14)23-2-4-24-5-3-23/h6-8H,2-5H2,1H3,(H,20,21,22). The Balaban J connectivity index is 1.82. The van der Waals surface area contributed by atoms with E-state index in [1.165, 1.54) is 0 Å². The van der Waals surface area contributed by atoms with Gasteiger partial charge >= 0.3 is 0 Å². The van der Waals surface area contributed by atoms with Crippen molar-refractivity contribution < 1.29 is 13.5 Å². The number of halogens is 3. The van der Waals surface area contributed by atoms with E-state index in [1.54, 1.807) is 11.8 Å². The molecule has 1 atom stereocenters. The molecule has 24 heavy (non-hydrogen) atoms. The van der Waals surface area contributed by atoms with Crippen molar-refractivity contribution in [2.75, 3.05) is 36.5 Å². The number of morpholine rings is 1. The first-order chi connectivity index (χ1) is 11.5. The van der Waals surface area contributed by atoms with Gasteiger partial charge < -0.3 is 15.0 Å². The fraction of sp³-hybridized carbons (Fsp3) is 0.429. The molecule has 7 nitrogen and oxygen atoms in total. The van der Waals surface area contributed by atoms with Crippen molar-refractivity contribution in [3.63, 3.8) is 0 Å². The summed E-state index contributed by atoms with van der Waals surface area (Å²) < 4.78 is 32.4. The lowest BCUT2D eigenvalue weighted by Gasteiger charge is -2.28. The Hall–Kier alpha value is -2.13. The Morgan fingerprint density at radius 1 is 1.21 bits per heavy atom. The lowest BCUT2D eigenvalue weighted by molar-refractivity contribution is 0.122. The van der Waals surface area contributed by atoms with Gasteiger partial charge in [-0.05, 0) is 6.92 Å². The molecule has 1 N–H and O–H groups in total. The Morgan fingerprint density at radius 2 is 1.88 bits per heavy atom. The molecular formula is C14H15ClF2N6O. The number of nitrogens with one attached hydrogen (secondary N) is 1. The van der Waals surface area contributed by atoms with Gasteiger partial charge in [0, 0.05) is 13.1 Å². The average Bonchev–Trinajstić information content (AvgIpc) is 2.59.